The van der Waals surface area contributed by atoms with E-state index in [-0.39, 0.29) is 4.90 Å². The molecule has 0 saturated carbocycles. The largest absolute Gasteiger partial charge is 0.382 e. The highest BCUT2D eigenvalue weighted by Crippen LogP contribution is 2.17. The molecule has 0 bridgehead atoms. The number of guanidine groups is 1. The summed E-state index contributed by atoms with van der Waals surface area (Å²) in [6, 6.07) is 6.96. The van der Waals surface area contributed by atoms with Crippen molar-refractivity contribution in [1.29, 1.82) is 0 Å². The van der Waals surface area contributed by atoms with Gasteiger partial charge in [0, 0.05) is 38.9 Å². The molecule has 0 amide bonds. The van der Waals surface area contributed by atoms with Gasteiger partial charge in [0.25, 0.3) is 0 Å². The highest BCUT2D eigenvalue weighted by atomic mass is 32.2. The Morgan fingerprint density at radius 3 is 2.50 bits per heavy atom. The molecule has 0 aliphatic carbocycles. The van der Waals surface area contributed by atoms with E-state index in [1.807, 2.05) is 33.8 Å². The van der Waals surface area contributed by atoms with Crippen LogP contribution in [0.2, 0.25) is 0 Å². The Morgan fingerprint density at radius 2 is 1.88 bits per heavy atom. The van der Waals surface area contributed by atoms with Crippen LogP contribution < -0.4 is 15.4 Å². The Balaban J connectivity index is 2.73. The molecule has 148 valence electrons. The summed E-state index contributed by atoms with van der Waals surface area (Å²) in [4.78, 5) is 4.43. The molecule has 8 heteroatoms. The van der Waals surface area contributed by atoms with Gasteiger partial charge in [0.05, 0.1) is 4.90 Å². The van der Waals surface area contributed by atoms with Crippen molar-refractivity contribution >= 4 is 16.0 Å². The van der Waals surface area contributed by atoms with Gasteiger partial charge in [-0.05, 0) is 45.7 Å². The fourth-order valence-corrected chi connectivity index (χ4v) is 3.95. The third-order valence-electron chi connectivity index (χ3n) is 3.33. The number of ether oxygens (including phenoxy) is 1. The first-order chi connectivity index (χ1) is 12.2. The van der Waals surface area contributed by atoms with Crippen LogP contribution in [0.4, 0.5) is 0 Å². The van der Waals surface area contributed by atoms with E-state index in [2.05, 4.69) is 20.3 Å². The average molecular weight is 385 g/mol. The summed E-state index contributed by atoms with van der Waals surface area (Å²) in [5, 5.41) is 6.35. The molecule has 0 saturated heterocycles. The number of benzene rings is 1. The lowest BCUT2D eigenvalue weighted by molar-refractivity contribution is 0.145. The molecule has 0 fully saturated rings. The van der Waals surface area contributed by atoms with E-state index in [9.17, 15) is 8.42 Å². The minimum absolute atomic E-state index is 0.272. The number of hydrogen-bond donors (Lipinski definition) is 3. The zero-order valence-electron chi connectivity index (χ0n) is 16.4. The molecule has 0 atom stereocenters. The van der Waals surface area contributed by atoms with Crippen LogP contribution in [0, 0.1) is 0 Å². The van der Waals surface area contributed by atoms with Gasteiger partial charge in [0.2, 0.25) is 10.0 Å². The number of hydrogen-bond acceptors (Lipinski definition) is 4. The van der Waals surface area contributed by atoms with Crippen molar-refractivity contribution in [3.63, 3.8) is 0 Å². The molecule has 0 aliphatic rings. The van der Waals surface area contributed by atoms with Crippen molar-refractivity contribution in [2.24, 2.45) is 4.99 Å². The van der Waals surface area contributed by atoms with Crippen molar-refractivity contribution in [2.45, 2.75) is 51.1 Å². The Labute approximate surface area is 157 Å². The molecule has 26 heavy (non-hydrogen) atoms. The first kappa shape index (κ1) is 22.4. The lowest BCUT2D eigenvalue weighted by Gasteiger charge is -2.22. The smallest absolute Gasteiger partial charge is 0.241 e. The molecule has 1 aromatic carbocycles. The second-order valence-electron chi connectivity index (χ2n) is 6.87. The van der Waals surface area contributed by atoms with Gasteiger partial charge in [-0.2, -0.15) is 0 Å². The van der Waals surface area contributed by atoms with Crippen LogP contribution in [-0.4, -0.2) is 46.7 Å². The Hall–Kier alpha value is -1.64. The molecule has 0 heterocycles. The molecule has 0 aliphatic heterocycles. The summed E-state index contributed by atoms with van der Waals surface area (Å²) >= 11 is 0. The van der Waals surface area contributed by atoms with Gasteiger partial charge < -0.3 is 15.4 Å². The fourth-order valence-electron chi connectivity index (χ4n) is 2.30. The summed E-state index contributed by atoms with van der Waals surface area (Å²) in [6.45, 7) is 9.91. The van der Waals surface area contributed by atoms with Crippen LogP contribution in [0.1, 0.15) is 39.7 Å². The minimum Gasteiger partial charge on any atom is -0.382 e. The summed E-state index contributed by atoms with van der Waals surface area (Å²) < 4.78 is 33.3. The van der Waals surface area contributed by atoms with E-state index >= 15 is 0 Å². The SMILES string of the molecule is CCOCCCNC(=NC)NCc1ccccc1S(=O)(=O)NC(C)(C)C. The van der Waals surface area contributed by atoms with Gasteiger partial charge in [0.15, 0.2) is 5.96 Å². The van der Waals surface area contributed by atoms with E-state index in [0.717, 1.165) is 13.0 Å². The zero-order chi connectivity index (χ0) is 19.6. The van der Waals surface area contributed by atoms with Gasteiger partial charge in [-0.1, -0.05) is 18.2 Å². The van der Waals surface area contributed by atoms with Crippen molar-refractivity contribution in [3.8, 4) is 0 Å². The highest BCUT2D eigenvalue weighted by molar-refractivity contribution is 7.89. The van der Waals surface area contributed by atoms with Gasteiger partial charge in [0.1, 0.15) is 0 Å². The summed E-state index contributed by atoms with van der Waals surface area (Å²) in [5.74, 6) is 0.623. The molecule has 0 spiro atoms. The van der Waals surface area contributed by atoms with E-state index in [0.29, 0.717) is 31.3 Å². The topological polar surface area (TPSA) is 91.8 Å². The maximum absolute atomic E-state index is 12.7. The average Bonchev–Trinajstić information content (AvgIpc) is 2.55. The lowest BCUT2D eigenvalue weighted by atomic mass is 10.1. The summed E-state index contributed by atoms with van der Waals surface area (Å²) in [5.41, 5.74) is 0.138. The number of nitrogens with zero attached hydrogens (tertiary/aromatic N) is 1. The van der Waals surface area contributed by atoms with E-state index in [1.54, 1.807) is 25.2 Å². The number of nitrogens with one attached hydrogen (secondary N) is 3. The molecule has 0 radical (unpaired) electrons. The van der Waals surface area contributed by atoms with Crippen LogP contribution in [0.3, 0.4) is 0 Å². The Kier molecular flexibility index (Phi) is 9.04. The standard InChI is InChI=1S/C18H32N4O3S/c1-6-25-13-9-12-20-17(19-5)21-14-15-10-7-8-11-16(15)26(23,24)22-18(2,3)4/h7-8,10-11,22H,6,9,12-14H2,1-5H3,(H2,19,20,21). The Bertz CT molecular complexity index is 682. The monoisotopic (exact) mass is 384 g/mol. The predicted molar refractivity (Wildman–Crippen MR) is 106 cm³/mol. The molecule has 1 rings (SSSR count). The van der Waals surface area contributed by atoms with Crippen molar-refractivity contribution in [1.82, 2.24) is 15.4 Å². The van der Waals surface area contributed by atoms with Crippen molar-refractivity contribution < 1.29 is 13.2 Å². The Morgan fingerprint density at radius 1 is 1.19 bits per heavy atom. The maximum Gasteiger partial charge on any atom is 0.241 e. The predicted octanol–water partition coefficient (Wildman–Crippen LogP) is 1.85. The van der Waals surface area contributed by atoms with Crippen molar-refractivity contribution in [2.75, 3.05) is 26.8 Å². The van der Waals surface area contributed by atoms with Gasteiger partial charge in [-0.15, -0.1) is 0 Å². The molecule has 0 unspecified atom stereocenters. The maximum atomic E-state index is 12.7. The second kappa shape index (κ2) is 10.5. The normalized spacial score (nSPS) is 12.9. The van der Waals surface area contributed by atoms with E-state index in [4.69, 9.17) is 4.74 Å². The quantitative estimate of drug-likeness (QED) is 0.343. The van der Waals surface area contributed by atoms with E-state index in [1.165, 1.54) is 0 Å². The van der Waals surface area contributed by atoms with Gasteiger partial charge in [-0.3, -0.25) is 4.99 Å². The molecule has 7 nitrogen and oxygen atoms in total. The van der Waals surface area contributed by atoms with Crippen LogP contribution in [0.5, 0.6) is 0 Å². The zero-order valence-corrected chi connectivity index (χ0v) is 17.2. The number of aliphatic imine (C=N–C) groups is 1. The van der Waals surface area contributed by atoms with Crippen molar-refractivity contribution in [3.05, 3.63) is 29.8 Å². The van der Waals surface area contributed by atoms with Gasteiger partial charge in [-0.25, -0.2) is 13.1 Å². The third-order valence-corrected chi connectivity index (χ3v) is 5.19. The summed E-state index contributed by atoms with van der Waals surface area (Å²) in [7, 11) is -1.92. The molecule has 0 aromatic heterocycles. The molecule has 3 N–H and O–H groups in total. The minimum atomic E-state index is -3.60. The van der Waals surface area contributed by atoms with Crippen LogP contribution >= 0.6 is 0 Å². The number of sulfonamides is 1. The van der Waals surface area contributed by atoms with E-state index < -0.39 is 15.6 Å². The van der Waals surface area contributed by atoms with Gasteiger partial charge >= 0.3 is 0 Å². The highest BCUT2D eigenvalue weighted by Gasteiger charge is 2.24. The first-order valence-electron chi connectivity index (χ1n) is 8.83. The third kappa shape index (κ3) is 8.16. The number of rotatable bonds is 9. The van der Waals surface area contributed by atoms with Crippen LogP contribution in [0.15, 0.2) is 34.2 Å². The fraction of sp³-hybridized carbons (Fsp3) is 0.611. The van der Waals surface area contributed by atoms with Crippen LogP contribution in [0.25, 0.3) is 0 Å². The molecular formula is C18H32N4O3S. The first-order valence-corrected chi connectivity index (χ1v) is 10.3. The summed E-state index contributed by atoms with van der Waals surface area (Å²) in [6.07, 6.45) is 0.870. The lowest BCUT2D eigenvalue weighted by Crippen LogP contribution is -2.41. The molecule has 1 aromatic rings. The molecular weight excluding hydrogens is 352 g/mol. The second-order valence-corrected chi connectivity index (χ2v) is 8.52. The van der Waals surface area contributed by atoms with Crippen LogP contribution in [-0.2, 0) is 21.3 Å².